The van der Waals surface area contributed by atoms with E-state index in [4.69, 9.17) is 4.74 Å². The fourth-order valence-corrected chi connectivity index (χ4v) is 3.80. The fraction of sp³-hybridized carbons (Fsp3) is 0.273. The topological polar surface area (TPSA) is 109 Å². The first-order valence-electron chi connectivity index (χ1n) is 9.92. The van der Waals surface area contributed by atoms with Crippen LogP contribution in [0.25, 0.3) is 10.9 Å². The zero-order chi connectivity index (χ0) is 22.0. The van der Waals surface area contributed by atoms with E-state index in [1.807, 2.05) is 24.3 Å². The minimum Gasteiger partial charge on any atom is -0.497 e. The average Bonchev–Trinajstić information content (AvgIpc) is 3.22. The SMILES string of the molecule is COc1cccc(CC(=O)N2CCN(C(=O)c3c[nH]c4ccc([N+](=O)[O-])cc34)CC2)c1. The van der Waals surface area contributed by atoms with E-state index >= 15 is 0 Å². The van der Waals surface area contributed by atoms with Crippen LogP contribution in [0.4, 0.5) is 5.69 Å². The number of carbonyl (C=O) groups excluding carboxylic acids is 2. The normalized spacial score (nSPS) is 14.0. The molecule has 3 aromatic rings. The number of nitrogens with zero attached hydrogens (tertiary/aromatic N) is 3. The molecular formula is C22H22N4O5. The first-order chi connectivity index (χ1) is 15.0. The Balaban J connectivity index is 1.41. The quantitative estimate of drug-likeness (QED) is 0.502. The van der Waals surface area contributed by atoms with Gasteiger partial charge in [0, 0.05) is 55.4 Å². The first-order valence-corrected chi connectivity index (χ1v) is 9.92. The molecule has 1 saturated heterocycles. The summed E-state index contributed by atoms with van der Waals surface area (Å²) < 4.78 is 5.20. The van der Waals surface area contributed by atoms with Gasteiger partial charge in [-0.05, 0) is 23.8 Å². The molecule has 0 unspecified atom stereocenters. The molecule has 31 heavy (non-hydrogen) atoms. The Morgan fingerprint density at radius 1 is 1.10 bits per heavy atom. The van der Waals surface area contributed by atoms with E-state index in [9.17, 15) is 19.7 Å². The molecule has 2 amide bonds. The summed E-state index contributed by atoms with van der Waals surface area (Å²) in [6, 6.07) is 11.8. The maximum absolute atomic E-state index is 13.0. The van der Waals surface area contributed by atoms with Gasteiger partial charge in [-0.15, -0.1) is 0 Å². The number of hydrogen-bond acceptors (Lipinski definition) is 5. The predicted octanol–water partition coefficient (Wildman–Crippen LogP) is 2.61. The van der Waals surface area contributed by atoms with Crippen LogP contribution in [0, 0.1) is 10.1 Å². The van der Waals surface area contributed by atoms with Crippen molar-refractivity contribution >= 4 is 28.4 Å². The number of piperazine rings is 1. The summed E-state index contributed by atoms with van der Waals surface area (Å²) in [4.78, 5) is 42.7. The highest BCUT2D eigenvalue weighted by Gasteiger charge is 2.26. The lowest BCUT2D eigenvalue weighted by atomic mass is 10.1. The van der Waals surface area contributed by atoms with Crippen LogP contribution in [0.5, 0.6) is 5.75 Å². The van der Waals surface area contributed by atoms with Gasteiger partial charge in [0.2, 0.25) is 5.91 Å². The Bertz CT molecular complexity index is 1150. The Kier molecular flexibility index (Phi) is 5.57. The molecule has 0 bridgehead atoms. The molecule has 9 nitrogen and oxygen atoms in total. The maximum atomic E-state index is 13.0. The molecule has 2 aromatic carbocycles. The molecule has 1 aliphatic rings. The summed E-state index contributed by atoms with van der Waals surface area (Å²) in [6.45, 7) is 1.70. The molecule has 9 heteroatoms. The zero-order valence-corrected chi connectivity index (χ0v) is 17.0. The second-order valence-corrected chi connectivity index (χ2v) is 7.39. The van der Waals surface area contributed by atoms with Crippen molar-refractivity contribution in [3.63, 3.8) is 0 Å². The van der Waals surface area contributed by atoms with Crippen LogP contribution < -0.4 is 4.74 Å². The Hall–Kier alpha value is -3.88. The van der Waals surface area contributed by atoms with Crippen LogP contribution in [0.3, 0.4) is 0 Å². The highest BCUT2D eigenvalue weighted by atomic mass is 16.6. The van der Waals surface area contributed by atoms with Gasteiger partial charge < -0.3 is 19.5 Å². The van der Waals surface area contributed by atoms with Crippen LogP contribution in [0.15, 0.2) is 48.7 Å². The Morgan fingerprint density at radius 3 is 2.55 bits per heavy atom. The Labute approximate surface area is 178 Å². The number of nitro groups is 1. The van der Waals surface area contributed by atoms with E-state index in [1.165, 1.54) is 12.1 Å². The lowest BCUT2D eigenvalue weighted by Gasteiger charge is -2.34. The van der Waals surface area contributed by atoms with Crippen molar-refractivity contribution < 1.29 is 19.2 Å². The van der Waals surface area contributed by atoms with E-state index in [0.717, 1.165) is 5.56 Å². The van der Waals surface area contributed by atoms with Crippen molar-refractivity contribution in [1.82, 2.24) is 14.8 Å². The summed E-state index contributed by atoms with van der Waals surface area (Å²) in [5.74, 6) is 0.509. The monoisotopic (exact) mass is 422 g/mol. The van der Waals surface area contributed by atoms with Crippen LogP contribution in [-0.2, 0) is 11.2 Å². The third-order valence-corrected chi connectivity index (χ3v) is 5.52. The van der Waals surface area contributed by atoms with E-state index < -0.39 is 4.92 Å². The second-order valence-electron chi connectivity index (χ2n) is 7.39. The van der Waals surface area contributed by atoms with Gasteiger partial charge in [-0.2, -0.15) is 0 Å². The number of non-ortho nitro benzene ring substituents is 1. The number of hydrogen-bond donors (Lipinski definition) is 1. The third kappa shape index (κ3) is 4.20. The number of nitro benzene ring substituents is 1. The molecule has 0 aliphatic carbocycles. The second kappa shape index (κ2) is 8.47. The molecule has 2 heterocycles. The number of ether oxygens (including phenoxy) is 1. The molecule has 1 aliphatic heterocycles. The number of amides is 2. The molecule has 160 valence electrons. The van der Waals surface area contributed by atoms with Gasteiger partial charge >= 0.3 is 0 Å². The minimum absolute atomic E-state index is 0.00284. The van der Waals surface area contributed by atoms with Crippen molar-refractivity contribution in [2.24, 2.45) is 0 Å². The average molecular weight is 422 g/mol. The minimum atomic E-state index is -0.479. The molecular weight excluding hydrogens is 400 g/mol. The number of H-pyrrole nitrogens is 1. The lowest BCUT2D eigenvalue weighted by Crippen LogP contribution is -2.51. The summed E-state index contributed by atoms with van der Waals surface area (Å²) >= 11 is 0. The molecule has 1 N–H and O–H groups in total. The van der Waals surface area contributed by atoms with Crippen molar-refractivity contribution in [2.45, 2.75) is 6.42 Å². The van der Waals surface area contributed by atoms with E-state index in [2.05, 4.69) is 4.98 Å². The van der Waals surface area contributed by atoms with Crippen molar-refractivity contribution in [3.05, 3.63) is 69.9 Å². The summed E-state index contributed by atoms with van der Waals surface area (Å²) in [7, 11) is 1.59. The van der Waals surface area contributed by atoms with Gasteiger partial charge in [-0.1, -0.05) is 12.1 Å². The van der Waals surface area contributed by atoms with E-state index in [0.29, 0.717) is 48.4 Å². The highest BCUT2D eigenvalue weighted by molar-refractivity contribution is 6.07. The summed E-state index contributed by atoms with van der Waals surface area (Å²) in [5, 5.41) is 11.6. The Morgan fingerprint density at radius 2 is 1.84 bits per heavy atom. The number of nitrogens with one attached hydrogen (secondary N) is 1. The predicted molar refractivity (Wildman–Crippen MR) is 114 cm³/mol. The van der Waals surface area contributed by atoms with Crippen LogP contribution in [0.2, 0.25) is 0 Å². The number of aromatic amines is 1. The molecule has 0 saturated carbocycles. The smallest absolute Gasteiger partial charge is 0.270 e. The van der Waals surface area contributed by atoms with Crippen LogP contribution >= 0.6 is 0 Å². The standard InChI is InChI=1S/C22H22N4O5/c1-31-17-4-2-3-15(11-17)12-21(27)24-7-9-25(10-8-24)22(28)19-14-23-20-6-5-16(26(29)30)13-18(19)20/h2-6,11,13-14,23H,7-10,12H2,1H3. The van der Waals surface area contributed by atoms with Crippen LogP contribution in [-0.4, -0.2) is 64.8 Å². The third-order valence-electron chi connectivity index (χ3n) is 5.52. The van der Waals surface area contributed by atoms with Gasteiger partial charge in [0.25, 0.3) is 11.6 Å². The molecule has 1 aromatic heterocycles. The largest absolute Gasteiger partial charge is 0.497 e. The van der Waals surface area contributed by atoms with Gasteiger partial charge in [0.15, 0.2) is 0 Å². The maximum Gasteiger partial charge on any atom is 0.270 e. The van der Waals surface area contributed by atoms with Gasteiger partial charge in [0.05, 0.1) is 24.0 Å². The molecule has 4 rings (SSSR count). The highest BCUT2D eigenvalue weighted by Crippen LogP contribution is 2.25. The molecule has 0 radical (unpaired) electrons. The number of carbonyl (C=O) groups is 2. The van der Waals surface area contributed by atoms with Gasteiger partial charge in [-0.25, -0.2) is 0 Å². The number of benzene rings is 2. The number of fused-ring (bicyclic) bond motifs is 1. The van der Waals surface area contributed by atoms with Gasteiger partial charge in [-0.3, -0.25) is 19.7 Å². The molecule has 1 fully saturated rings. The number of methoxy groups -OCH3 is 1. The molecule has 0 spiro atoms. The van der Waals surface area contributed by atoms with Crippen molar-refractivity contribution in [1.29, 1.82) is 0 Å². The van der Waals surface area contributed by atoms with E-state index in [1.54, 1.807) is 29.2 Å². The van der Waals surface area contributed by atoms with Crippen LogP contribution in [0.1, 0.15) is 15.9 Å². The number of aromatic nitrogens is 1. The summed E-state index contributed by atoms with van der Waals surface area (Å²) in [6.07, 6.45) is 1.86. The van der Waals surface area contributed by atoms with Crippen molar-refractivity contribution in [3.8, 4) is 5.75 Å². The fourth-order valence-electron chi connectivity index (χ4n) is 3.80. The van der Waals surface area contributed by atoms with Crippen molar-refractivity contribution in [2.75, 3.05) is 33.3 Å². The van der Waals surface area contributed by atoms with Gasteiger partial charge in [0.1, 0.15) is 5.75 Å². The lowest BCUT2D eigenvalue weighted by molar-refractivity contribution is -0.384. The first kappa shape index (κ1) is 20.4. The van der Waals surface area contributed by atoms with E-state index in [-0.39, 0.29) is 23.9 Å². The molecule has 0 atom stereocenters. The number of rotatable bonds is 5. The summed E-state index contributed by atoms with van der Waals surface area (Å²) in [5.41, 5.74) is 1.88. The zero-order valence-electron chi connectivity index (χ0n) is 17.0.